The second-order valence-corrected chi connectivity index (χ2v) is 7.25. The minimum Gasteiger partial charge on any atom is -0.378 e. The van der Waals surface area contributed by atoms with Crippen LogP contribution >= 0.6 is 0 Å². The SMILES string of the molecule is NCC(COC1CCC(c2ccccc2)CC1)C1CC=CC=CC1=O. The molecule has 0 bridgehead atoms. The number of hydrogen-bond acceptors (Lipinski definition) is 3. The molecular formula is C22H29NO2. The predicted molar refractivity (Wildman–Crippen MR) is 101 cm³/mol. The molecule has 0 spiro atoms. The van der Waals surface area contributed by atoms with Crippen molar-refractivity contribution in [3.63, 3.8) is 0 Å². The van der Waals surface area contributed by atoms with Crippen molar-refractivity contribution in [3.05, 3.63) is 60.2 Å². The predicted octanol–water partition coefficient (Wildman–Crippen LogP) is 4.01. The summed E-state index contributed by atoms with van der Waals surface area (Å²) < 4.78 is 6.18. The lowest BCUT2D eigenvalue weighted by Gasteiger charge is -2.31. The standard InChI is InChI=1S/C22H29NO2/c23-15-19(21-9-5-2-6-10-22(21)24)16-25-20-13-11-18(12-14-20)17-7-3-1-4-8-17/h1-8,10,18-21H,9,11-16,23H2. The fourth-order valence-corrected chi connectivity index (χ4v) is 4.01. The van der Waals surface area contributed by atoms with E-state index in [2.05, 4.69) is 36.4 Å². The van der Waals surface area contributed by atoms with Crippen LogP contribution in [-0.2, 0) is 9.53 Å². The van der Waals surface area contributed by atoms with Gasteiger partial charge < -0.3 is 10.5 Å². The third-order valence-electron chi connectivity index (χ3n) is 5.63. The lowest BCUT2D eigenvalue weighted by molar-refractivity contribution is -0.121. The molecule has 0 saturated heterocycles. The molecule has 1 aromatic carbocycles. The molecule has 1 fully saturated rings. The highest BCUT2D eigenvalue weighted by Crippen LogP contribution is 2.34. The zero-order valence-electron chi connectivity index (χ0n) is 14.8. The molecule has 2 aliphatic rings. The van der Waals surface area contributed by atoms with Crippen LogP contribution in [0, 0.1) is 11.8 Å². The van der Waals surface area contributed by atoms with Gasteiger partial charge in [0.1, 0.15) is 0 Å². The zero-order valence-corrected chi connectivity index (χ0v) is 14.8. The minimum atomic E-state index is -0.0411. The van der Waals surface area contributed by atoms with Gasteiger partial charge in [-0.25, -0.2) is 0 Å². The van der Waals surface area contributed by atoms with Crippen LogP contribution in [0.1, 0.15) is 43.6 Å². The molecule has 3 rings (SSSR count). The van der Waals surface area contributed by atoms with Crippen molar-refractivity contribution in [1.29, 1.82) is 0 Å². The average molecular weight is 339 g/mol. The van der Waals surface area contributed by atoms with Gasteiger partial charge in [0.2, 0.25) is 0 Å². The maximum Gasteiger partial charge on any atom is 0.159 e. The quantitative estimate of drug-likeness (QED) is 0.852. The topological polar surface area (TPSA) is 52.3 Å². The van der Waals surface area contributed by atoms with Crippen molar-refractivity contribution in [2.75, 3.05) is 13.2 Å². The van der Waals surface area contributed by atoms with Crippen LogP contribution in [0.25, 0.3) is 0 Å². The Hall–Kier alpha value is -1.71. The fourth-order valence-electron chi connectivity index (χ4n) is 4.01. The van der Waals surface area contributed by atoms with E-state index in [1.807, 2.05) is 12.2 Å². The summed E-state index contributed by atoms with van der Waals surface area (Å²) in [6.07, 6.45) is 13.1. The molecule has 25 heavy (non-hydrogen) atoms. The Morgan fingerprint density at radius 3 is 2.56 bits per heavy atom. The Morgan fingerprint density at radius 1 is 1.08 bits per heavy atom. The van der Waals surface area contributed by atoms with Gasteiger partial charge in [-0.05, 0) is 56.2 Å². The third kappa shape index (κ3) is 4.90. The van der Waals surface area contributed by atoms with Gasteiger partial charge in [0, 0.05) is 11.8 Å². The van der Waals surface area contributed by atoms with Crippen molar-refractivity contribution < 1.29 is 9.53 Å². The van der Waals surface area contributed by atoms with Crippen LogP contribution in [0.5, 0.6) is 0 Å². The Bertz CT molecular complexity index is 600. The molecule has 1 aromatic rings. The Morgan fingerprint density at radius 2 is 1.84 bits per heavy atom. The van der Waals surface area contributed by atoms with Gasteiger partial charge in [0.05, 0.1) is 12.7 Å². The second kappa shape index (κ2) is 9.12. The zero-order chi connectivity index (χ0) is 17.5. The van der Waals surface area contributed by atoms with E-state index in [1.54, 1.807) is 6.08 Å². The number of carbonyl (C=O) groups is 1. The summed E-state index contributed by atoms with van der Waals surface area (Å²) in [5, 5.41) is 0. The van der Waals surface area contributed by atoms with Gasteiger partial charge in [-0.1, -0.05) is 48.6 Å². The number of benzene rings is 1. The minimum absolute atomic E-state index is 0.0411. The van der Waals surface area contributed by atoms with Crippen molar-refractivity contribution in [3.8, 4) is 0 Å². The summed E-state index contributed by atoms with van der Waals surface area (Å²) in [6, 6.07) is 10.8. The summed E-state index contributed by atoms with van der Waals surface area (Å²) in [5.74, 6) is 0.898. The molecule has 2 aliphatic carbocycles. The van der Waals surface area contributed by atoms with Gasteiger partial charge in [0.25, 0.3) is 0 Å². The number of ketones is 1. The van der Waals surface area contributed by atoms with Crippen LogP contribution in [0.15, 0.2) is 54.6 Å². The van der Waals surface area contributed by atoms with Crippen LogP contribution in [0.4, 0.5) is 0 Å². The van der Waals surface area contributed by atoms with E-state index >= 15 is 0 Å². The fraction of sp³-hybridized carbons (Fsp3) is 0.500. The average Bonchev–Trinajstić information content (AvgIpc) is 2.88. The molecule has 0 radical (unpaired) electrons. The van der Waals surface area contributed by atoms with Crippen molar-refractivity contribution in [2.45, 2.75) is 44.1 Å². The number of allylic oxidation sites excluding steroid dienone is 4. The molecule has 134 valence electrons. The molecule has 0 aromatic heterocycles. The number of carbonyl (C=O) groups excluding carboxylic acids is 1. The van der Waals surface area contributed by atoms with Gasteiger partial charge in [-0.2, -0.15) is 0 Å². The molecule has 1 saturated carbocycles. The lowest BCUT2D eigenvalue weighted by atomic mass is 9.82. The van der Waals surface area contributed by atoms with Crippen LogP contribution in [-0.4, -0.2) is 25.0 Å². The first-order chi connectivity index (χ1) is 12.3. The molecule has 0 heterocycles. The van der Waals surface area contributed by atoms with E-state index < -0.39 is 0 Å². The number of rotatable bonds is 6. The summed E-state index contributed by atoms with van der Waals surface area (Å²) in [5.41, 5.74) is 7.40. The molecular weight excluding hydrogens is 310 g/mol. The molecule has 2 unspecified atom stereocenters. The first-order valence-corrected chi connectivity index (χ1v) is 9.51. The highest BCUT2D eigenvalue weighted by atomic mass is 16.5. The first kappa shape index (κ1) is 18.1. The van der Waals surface area contributed by atoms with Crippen molar-refractivity contribution >= 4 is 5.78 Å². The Kier molecular flexibility index (Phi) is 6.60. The lowest BCUT2D eigenvalue weighted by Crippen LogP contribution is -2.34. The first-order valence-electron chi connectivity index (χ1n) is 9.51. The van der Waals surface area contributed by atoms with Crippen molar-refractivity contribution in [1.82, 2.24) is 0 Å². The van der Waals surface area contributed by atoms with E-state index in [1.165, 1.54) is 18.4 Å². The van der Waals surface area contributed by atoms with Gasteiger partial charge in [0.15, 0.2) is 5.78 Å². The molecule has 2 atom stereocenters. The third-order valence-corrected chi connectivity index (χ3v) is 5.63. The van der Waals surface area contributed by atoms with Gasteiger partial charge in [-0.15, -0.1) is 0 Å². The molecule has 3 nitrogen and oxygen atoms in total. The largest absolute Gasteiger partial charge is 0.378 e. The monoisotopic (exact) mass is 339 g/mol. The number of nitrogens with two attached hydrogens (primary N) is 1. The van der Waals surface area contributed by atoms with Gasteiger partial charge in [-0.3, -0.25) is 4.79 Å². The molecule has 0 amide bonds. The maximum atomic E-state index is 12.2. The van der Waals surface area contributed by atoms with Crippen LogP contribution in [0.3, 0.4) is 0 Å². The van der Waals surface area contributed by atoms with E-state index in [-0.39, 0.29) is 17.6 Å². The summed E-state index contributed by atoms with van der Waals surface area (Å²) >= 11 is 0. The maximum absolute atomic E-state index is 12.2. The van der Waals surface area contributed by atoms with E-state index in [9.17, 15) is 4.79 Å². The van der Waals surface area contributed by atoms with Crippen LogP contribution < -0.4 is 5.73 Å². The smallest absolute Gasteiger partial charge is 0.159 e. The normalized spacial score (nSPS) is 27.9. The second-order valence-electron chi connectivity index (χ2n) is 7.25. The summed E-state index contributed by atoms with van der Waals surface area (Å²) in [4.78, 5) is 12.2. The highest BCUT2D eigenvalue weighted by Gasteiger charge is 2.28. The summed E-state index contributed by atoms with van der Waals surface area (Å²) in [7, 11) is 0. The number of ether oxygens (including phenoxy) is 1. The molecule has 0 aliphatic heterocycles. The van der Waals surface area contributed by atoms with Crippen molar-refractivity contribution in [2.24, 2.45) is 17.6 Å². The Balaban J connectivity index is 1.47. The highest BCUT2D eigenvalue weighted by molar-refractivity contribution is 5.92. The van der Waals surface area contributed by atoms with Gasteiger partial charge >= 0.3 is 0 Å². The molecule has 2 N–H and O–H groups in total. The Labute approximate surface area is 150 Å². The molecule has 3 heteroatoms. The summed E-state index contributed by atoms with van der Waals surface area (Å²) in [6.45, 7) is 1.09. The number of hydrogen-bond donors (Lipinski definition) is 1. The van der Waals surface area contributed by atoms with E-state index in [4.69, 9.17) is 10.5 Å². The van der Waals surface area contributed by atoms with E-state index in [0.29, 0.717) is 25.2 Å². The van der Waals surface area contributed by atoms with E-state index in [0.717, 1.165) is 19.3 Å². The van der Waals surface area contributed by atoms with Crippen LogP contribution in [0.2, 0.25) is 0 Å².